The maximum Gasteiger partial charge on any atom is 0.135 e. The zero-order valence-corrected chi connectivity index (χ0v) is 12.8. The second-order valence-corrected chi connectivity index (χ2v) is 5.26. The molecule has 0 aliphatic heterocycles. The summed E-state index contributed by atoms with van der Waals surface area (Å²) in [6.07, 6.45) is 5.11. The van der Waals surface area contributed by atoms with Gasteiger partial charge in [0.25, 0.3) is 0 Å². The first kappa shape index (κ1) is 15.6. The van der Waals surface area contributed by atoms with E-state index in [4.69, 9.17) is 0 Å². The minimum Gasteiger partial charge on any atom is -0.335 e. The predicted octanol–water partition coefficient (Wildman–Crippen LogP) is 3.93. The van der Waals surface area contributed by atoms with E-state index in [0.29, 0.717) is 6.54 Å². The van der Waals surface area contributed by atoms with Crippen molar-refractivity contribution in [2.75, 3.05) is 0 Å². The highest BCUT2D eigenvalue weighted by molar-refractivity contribution is 5.43. The fourth-order valence-corrected chi connectivity index (χ4v) is 2.26. The molecule has 0 spiro atoms. The summed E-state index contributed by atoms with van der Waals surface area (Å²) in [6.45, 7) is 0.449. The molecule has 3 aromatic rings. The van der Waals surface area contributed by atoms with Gasteiger partial charge in [0.1, 0.15) is 11.9 Å². The summed E-state index contributed by atoms with van der Waals surface area (Å²) in [6, 6.07) is 12.9. The van der Waals surface area contributed by atoms with Crippen molar-refractivity contribution in [2.24, 2.45) is 5.18 Å². The average Bonchev–Trinajstić information content (AvgIpc) is 3.13. The predicted molar refractivity (Wildman–Crippen MR) is 89.6 cm³/mol. The molecule has 1 aromatic heterocycles. The highest BCUT2D eigenvalue weighted by atomic mass is 19.1. The molecular weight excluding hydrogens is 305 g/mol. The zero-order valence-electron chi connectivity index (χ0n) is 12.8. The molecule has 1 unspecified atom stereocenters. The van der Waals surface area contributed by atoms with Gasteiger partial charge < -0.3 is 4.57 Å². The minimum absolute atomic E-state index is 0.282. The number of rotatable bonds is 4. The van der Waals surface area contributed by atoms with Gasteiger partial charge in [0, 0.05) is 23.5 Å². The molecule has 2 aromatic carbocycles. The van der Waals surface area contributed by atoms with E-state index in [1.54, 1.807) is 30.9 Å². The molecule has 0 bridgehead atoms. The number of nitroso groups, excluding NO2 is 1. The van der Waals surface area contributed by atoms with Crippen LogP contribution in [0.1, 0.15) is 22.7 Å². The van der Waals surface area contributed by atoms with E-state index >= 15 is 0 Å². The average molecular weight is 319 g/mol. The molecule has 0 amide bonds. The Balaban J connectivity index is 1.73. The molecule has 0 radical (unpaired) electrons. The molecule has 118 valence electrons. The molecule has 0 aliphatic carbocycles. The Labute approximate surface area is 139 Å². The molecule has 4 nitrogen and oxygen atoms in total. The number of hydrogen-bond donors (Lipinski definition) is 0. The van der Waals surface area contributed by atoms with Crippen LogP contribution in [0.15, 0.2) is 72.4 Å². The Bertz CT molecular complexity index is 860. The molecule has 0 aliphatic rings. The van der Waals surface area contributed by atoms with Crippen LogP contribution in [0.4, 0.5) is 4.39 Å². The van der Waals surface area contributed by atoms with Crippen LogP contribution in [0.25, 0.3) is 0 Å². The minimum atomic E-state index is -0.474. The monoisotopic (exact) mass is 319 g/mol. The van der Waals surface area contributed by atoms with Crippen molar-refractivity contribution in [3.05, 3.63) is 94.7 Å². The van der Waals surface area contributed by atoms with Gasteiger partial charge in [-0.1, -0.05) is 29.2 Å². The normalized spacial score (nSPS) is 11.4. The van der Waals surface area contributed by atoms with Gasteiger partial charge in [-0.15, -0.1) is 0 Å². The molecule has 24 heavy (non-hydrogen) atoms. The fourth-order valence-electron chi connectivity index (χ4n) is 2.26. The Morgan fingerprint density at radius 2 is 1.67 bits per heavy atom. The Morgan fingerprint density at radius 1 is 1.04 bits per heavy atom. The van der Waals surface area contributed by atoms with Gasteiger partial charge in [-0.3, -0.25) is 0 Å². The maximum absolute atomic E-state index is 12.9. The molecule has 3 rings (SSSR count). The van der Waals surface area contributed by atoms with E-state index in [-0.39, 0.29) is 5.82 Å². The lowest BCUT2D eigenvalue weighted by atomic mass is 10.1. The van der Waals surface area contributed by atoms with Crippen molar-refractivity contribution in [3.8, 4) is 11.8 Å². The van der Waals surface area contributed by atoms with Crippen LogP contribution >= 0.6 is 0 Å². The number of aromatic nitrogens is 2. The third kappa shape index (κ3) is 3.93. The third-order valence-electron chi connectivity index (χ3n) is 3.56. The van der Waals surface area contributed by atoms with Gasteiger partial charge in [0.05, 0.1) is 12.9 Å². The van der Waals surface area contributed by atoms with Crippen molar-refractivity contribution in [1.82, 2.24) is 9.55 Å². The summed E-state index contributed by atoms with van der Waals surface area (Å²) in [7, 11) is 0. The van der Waals surface area contributed by atoms with Gasteiger partial charge in [-0.25, -0.2) is 9.37 Å². The first-order chi connectivity index (χ1) is 11.7. The van der Waals surface area contributed by atoms with Gasteiger partial charge in [-0.2, -0.15) is 4.91 Å². The van der Waals surface area contributed by atoms with E-state index in [1.165, 1.54) is 12.1 Å². The van der Waals surface area contributed by atoms with Crippen LogP contribution in [-0.4, -0.2) is 9.55 Å². The van der Waals surface area contributed by atoms with E-state index in [2.05, 4.69) is 22.0 Å². The van der Waals surface area contributed by atoms with Crippen molar-refractivity contribution in [3.63, 3.8) is 0 Å². The summed E-state index contributed by atoms with van der Waals surface area (Å²) in [4.78, 5) is 15.1. The lowest BCUT2D eigenvalue weighted by Crippen LogP contribution is -2.05. The second-order valence-electron chi connectivity index (χ2n) is 5.26. The van der Waals surface area contributed by atoms with Crippen LogP contribution in [-0.2, 0) is 6.54 Å². The highest BCUT2D eigenvalue weighted by Crippen LogP contribution is 2.19. The SMILES string of the molecule is O=NC(Cn1ccnc1)c1ccc(C#Cc2ccc(F)cc2)cc1. The van der Waals surface area contributed by atoms with Crippen molar-refractivity contribution in [1.29, 1.82) is 0 Å². The number of imidazole rings is 1. The van der Waals surface area contributed by atoms with Crippen LogP contribution in [0.3, 0.4) is 0 Å². The summed E-state index contributed by atoms with van der Waals surface area (Å²) in [5.74, 6) is 5.70. The number of hydrogen-bond acceptors (Lipinski definition) is 3. The molecule has 1 atom stereocenters. The molecule has 1 heterocycles. The van der Waals surface area contributed by atoms with E-state index < -0.39 is 6.04 Å². The number of benzene rings is 2. The zero-order chi connectivity index (χ0) is 16.8. The topological polar surface area (TPSA) is 47.2 Å². The maximum atomic E-state index is 12.9. The van der Waals surface area contributed by atoms with Gasteiger partial charge in [-0.05, 0) is 42.0 Å². The molecule has 5 heteroatoms. The lowest BCUT2D eigenvalue weighted by Gasteiger charge is -2.10. The van der Waals surface area contributed by atoms with Crippen molar-refractivity contribution >= 4 is 0 Å². The van der Waals surface area contributed by atoms with Gasteiger partial charge in [0.15, 0.2) is 0 Å². The Morgan fingerprint density at radius 3 is 2.21 bits per heavy atom. The summed E-state index contributed by atoms with van der Waals surface area (Å²) < 4.78 is 14.7. The van der Waals surface area contributed by atoms with Crippen molar-refractivity contribution < 1.29 is 4.39 Å². The summed E-state index contributed by atoms with van der Waals surface area (Å²) in [5, 5.41) is 3.19. The number of nitrogens with zero attached hydrogens (tertiary/aromatic N) is 3. The lowest BCUT2D eigenvalue weighted by molar-refractivity contribution is 0.575. The third-order valence-corrected chi connectivity index (χ3v) is 3.56. The Hall–Kier alpha value is -3.26. The first-order valence-electron chi connectivity index (χ1n) is 7.40. The largest absolute Gasteiger partial charge is 0.335 e. The van der Waals surface area contributed by atoms with E-state index in [0.717, 1.165) is 16.7 Å². The second kappa shape index (κ2) is 7.34. The van der Waals surface area contributed by atoms with Crippen LogP contribution < -0.4 is 0 Å². The van der Waals surface area contributed by atoms with E-state index in [9.17, 15) is 9.30 Å². The first-order valence-corrected chi connectivity index (χ1v) is 7.40. The summed E-state index contributed by atoms with van der Waals surface area (Å²) in [5.41, 5.74) is 2.38. The standard InChI is InChI=1S/C19H14FN3O/c20-18-9-5-16(6-10-18)2-1-15-3-7-17(8-4-15)19(22-24)13-23-12-11-21-14-23/h3-12,14,19H,13H2. The van der Waals surface area contributed by atoms with Crippen molar-refractivity contribution in [2.45, 2.75) is 12.6 Å². The van der Waals surface area contributed by atoms with Crippen LogP contribution in [0, 0.1) is 22.6 Å². The highest BCUT2D eigenvalue weighted by Gasteiger charge is 2.12. The van der Waals surface area contributed by atoms with Crippen LogP contribution in [0.2, 0.25) is 0 Å². The quantitative estimate of drug-likeness (QED) is 0.540. The van der Waals surface area contributed by atoms with Crippen LogP contribution in [0.5, 0.6) is 0 Å². The molecule has 0 saturated heterocycles. The molecule has 0 fully saturated rings. The fraction of sp³-hybridized carbons (Fsp3) is 0.105. The van der Waals surface area contributed by atoms with Gasteiger partial charge in [0.2, 0.25) is 0 Å². The smallest absolute Gasteiger partial charge is 0.135 e. The molecular formula is C19H14FN3O. The molecule has 0 N–H and O–H groups in total. The van der Waals surface area contributed by atoms with Gasteiger partial charge >= 0.3 is 0 Å². The Kier molecular flexibility index (Phi) is 4.78. The number of halogens is 1. The van der Waals surface area contributed by atoms with E-state index in [1.807, 2.05) is 28.8 Å². The summed E-state index contributed by atoms with van der Waals surface area (Å²) >= 11 is 0. The molecule has 0 saturated carbocycles.